The van der Waals surface area contributed by atoms with E-state index in [4.69, 9.17) is 4.99 Å². The van der Waals surface area contributed by atoms with Gasteiger partial charge in [0.05, 0.1) is 0 Å². The van der Waals surface area contributed by atoms with Crippen molar-refractivity contribution in [1.29, 1.82) is 0 Å². The van der Waals surface area contributed by atoms with E-state index in [0.717, 1.165) is 37.8 Å². The molecule has 0 aromatic heterocycles. The fourth-order valence-corrected chi connectivity index (χ4v) is 3.36. The number of aliphatic imine (C=N–C) groups is 1. The number of nitrogens with zero attached hydrogens (tertiary/aromatic N) is 2. The van der Waals surface area contributed by atoms with E-state index >= 15 is 0 Å². The molecule has 26 heavy (non-hydrogen) atoms. The summed E-state index contributed by atoms with van der Waals surface area (Å²) in [6.45, 7) is 8.68. The molecule has 4 nitrogen and oxygen atoms in total. The Labute approximate surface area is 177 Å². The first-order chi connectivity index (χ1) is 12.2. The summed E-state index contributed by atoms with van der Waals surface area (Å²) in [6.07, 6.45) is 6.07. The number of hydrogen-bond acceptors (Lipinski definition) is 2. The number of guanidine groups is 1. The van der Waals surface area contributed by atoms with E-state index in [0.29, 0.717) is 6.04 Å². The normalized spacial score (nSPS) is 17.4. The Morgan fingerprint density at radius 2 is 1.92 bits per heavy atom. The molecular formula is C21H37IN4. The summed E-state index contributed by atoms with van der Waals surface area (Å²) in [5.74, 6) is 1.81. The molecule has 0 radical (unpaired) electrons. The van der Waals surface area contributed by atoms with Crippen molar-refractivity contribution < 1.29 is 0 Å². The fraction of sp³-hybridized carbons (Fsp3) is 0.667. The van der Waals surface area contributed by atoms with Crippen LogP contribution in [0.5, 0.6) is 0 Å². The molecule has 0 bridgehead atoms. The summed E-state index contributed by atoms with van der Waals surface area (Å²) in [5, 5.41) is 6.95. The summed E-state index contributed by atoms with van der Waals surface area (Å²) in [7, 11) is 2.22. The Hall–Kier alpha value is -0.820. The maximum Gasteiger partial charge on any atom is 0.191 e. The van der Waals surface area contributed by atoms with E-state index in [1.807, 2.05) is 0 Å². The Morgan fingerprint density at radius 1 is 1.23 bits per heavy atom. The topological polar surface area (TPSA) is 39.7 Å². The van der Waals surface area contributed by atoms with Gasteiger partial charge in [-0.2, -0.15) is 0 Å². The van der Waals surface area contributed by atoms with Crippen LogP contribution in [0.1, 0.15) is 45.1 Å². The number of benzene rings is 1. The first-order valence-electron chi connectivity index (χ1n) is 9.94. The second-order valence-corrected chi connectivity index (χ2v) is 7.37. The summed E-state index contributed by atoms with van der Waals surface area (Å²) in [4.78, 5) is 7.23. The van der Waals surface area contributed by atoms with Gasteiger partial charge in [0.15, 0.2) is 5.96 Å². The van der Waals surface area contributed by atoms with E-state index < -0.39 is 0 Å². The highest BCUT2D eigenvalue weighted by Crippen LogP contribution is 2.19. The zero-order valence-corrected chi connectivity index (χ0v) is 19.0. The lowest BCUT2D eigenvalue weighted by atomic mass is 9.94. The smallest absolute Gasteiger partial charge is 0.191 e. The minimum atomic E-state index is 0. The van der Waals surface area contributed by atoms with Crippen LogP contribution in [0.2, 0.25) is 0 Å². The first kappa shape index (κ1) is 23.2. The van der Waals surface area contributed by atoms with Gasteiger partial charge in [0.2, 0.25) is 0 Å². The van der Waals surface area contributed by atoms with Gasteiger partial charge < -0.3 is 15.5 Å². The van der Waals surface area contributed by atoms with Gasteiger partial charge >= 0.3 is 0 Å². The van der Waals surface area contributed by atoms with Gasteiger partial charge in [-0.3, -0.25) is 4.99 Å². The molecule has 1 aliphatic rings. The molecule has 0 aliphatic carbocycles. The zero-order chi connectivity index (χ0) is 17.9. The van der Waals surface area contributed by atoms with Crippen molar-refractivity contribution in [3.63, 3.8) is 0 Å². The highest BCUT2D eigenvalue weighted by Gasteiger charge is 2.16. The lowest BCUT2D eigenvalue weighted by molar-refractivity contribution is 0.214. The Kier molecular flexibility index (Phi) is 11.9. The molecule has 2 rings (SSSR count). The third-order valence-corrected chi connectivity index (χ3v) is 5.08. The van der Waals surface area contributed by atoms with Crippen molar-refractivity contribution in [2.24, 2.45) is 10.9 Å². The number of likely N-dealkylation sites (tertiary alicyclic amines) is 1. The Morgan fingerprint density at radius 3 is 2.58 bits per heavy atom. The predicted octanol–water partition coefficient (Wildman–Crippen LogP) is 3.91. The van der Waals surface area contributed by atoms with E-state index in [1.54, 1.807) is 0 Å². The molecule has 0 spiro atoms. The number of piperidine rings is 1. The first-order valence-corrected chi connectivity index (χ1v) is 9.94. The maximum atomic E-state index is 4.80. The van der Waals surface area contributed by atoms with Crippen LogP contribution < -0.4 is 10.6 Å². The largest absolute Gasteiger partial charge is 0.357 e. The summed E-state index contributed by atoms with van der Waals surface area (Å²) < 4.78 is 0. The highest BCUT2D eigenvalue weighted by molar-refractivity contribution is 14.0. The van der Waals surface area contributed by atoms with Crippen LogP contribution in [-0.4, -0.2) is 50.1 Å². The van der Waals surface area contributed by atoms with Gasteiger partial charge in [-0.15, -0.1) is 24.0 Å². The third kappa shape index (κ3) is 9.21. The van der Waals surface area contributed by atoms with Gasteiger partial charge in [0, 0.05) is 19.1 Å². The molecule has 0 saturated carbocycles. The van der Waals surface area contributed by atoms with E-state index in [1.165, 1.54) is 37.9 Å². The van der Waals surface area contributed by atoms with Gasteiger partial charge in [-0.05, 0) is 77.6 Å². The summed E-state index contributed by atoms with van der Waals surface area (Å²) in [5.41, 5.74) is 1.40. The molecule has 1 aromatic rings. The average molecular weight is 472 g/mol. The molecule has 1 atom stereocenters. The maximum absolute atomic E-state index is 4.80. The molecule has 2 N–H and O–H groups in total. The molecule has 1 fully saturated rings. The van der Waals surface area contributed by atoms with Crippen LogP contribution >= 0.6 is 24.0 Å². The molecule has 148 valence electrons. The highest BCUT2D eigenvalue weighted by atomic mass is 127. The molecule has 1 saturated heterocycles. The zero-order valence-electron chi connectivity index (χ0n) is 16.7. The summed E-state index contributed by atoms with van der Waals surface area (Å²) >= 11 is 0. The average Bonchev–Trinajstić information content (AvgIpc) is 2.63. The van der Waals surface area contributed by atoms with E-state index in [2.05, 4.69) is 66.8 Å². The molecule has 5 heteroatoms. The molecular weight excluding hydrogens is 435 g/mol. The minimum absolute atomic E-state index is 0. The van der Waals surface area contributed by atoms with Crippen molar-refractivity contribution in [1.82, 2.24) is 15.5 Å². The van der Waals surface area contributed by atoms with Gasteiger partial charge in [0.1, 0.15) is 0 Å². The van der Waals surface area contributed by atoms with Crippen LogP contribution in [0.15, 0.2) is 35.3 Å². The molecule has 1 aromatic carbocycles. The van der Waals surface area contributed by atoms with Crippen molar-refractivity contribution in [2.45, 2.75) is 52.0 Å². The summed E-state index contributed by atoms with van der Waals surface area (Å²) in [6, 6.07) is 11.1. The molecule has 1 aliphatic heterocycles. The van der Waals surface area contributed by atoms with Gasteiger partial charge in [0.25, 0.3) is 0 Å². The van der Waals surface area contributed by atoms with Gasteiger partial charge in [-0.1, -0.05) is 30.3 Å². The van der Waals surface area contributed by atoms with Crippen molar-refractivity contribution in [3.8, 4) is 0 Å². The predicted molar refractivity (Wildman–Crippen MR) is 124 cm³/mol. The SMILES string of the molecule is CCNC(=NCCC1CCN(C)CC1)NC(C)CCc1ccccc1.I. The quantitative estimate of drug-likeness (QED) is 0.343. The number of rotatable bonds is 8. The molecule has 0 amide bonds. The van der Waals surface area contributed by atoms with Crippen LogP contribution in [0.4, 0.5) is 0 Å². The Bertz CT molecular complexity index is 498. The van der Waals surface area contributed by atoms with E-state index in [-0.39, 0.29) is 24.0 Å². The van der Waals surface area contributed by atoms with Crippen LogP contribution in [0.3, 0.4) is 0 Å². The van der Waals surface area contributed by atoms with Crippen LogP contribution in [0, 0.1) is 5.92 Å². The lowest BCUT2D eigenvalue weighted by Gasteiger charge is -2.28. The monoisotopic (exact) mass is 472 g/mol. The minimum Gasteiger partial charge on any atom is -0.357 e. The molecule has 1 unspecified atom stereocenters. The van der Waals surface area contributed by atoms with Crippen LogP contribution in [-0.2, 0) is 6.42 Å². The molecule has 1 heterocycles. The number of aryl methyl sites for hydroxylation is 1. The lowest BCUT2D eigenvalue weighted by Crippen LogP contribution is -2.42. The van der Waals surface area contributed by atoms with Crippen LogP contribution in [0.25, 0.3) is 0 Å². The van der Waals surface area contributed by atoms with E-state index in [9.17, 15) is 0 Å². The van der Waals surface area contributed by atoms with Crippen molar-refractivity contribution in [3.05, 3.63) is 35.9 Å². The third-order valence-electron chi connectivity index (χ3n) is 5.08. The standard InChI is InChI=1S/C21H36N4.HI/c1-4-22-21(23-15-12-20-13-16-25(3)17-14-20)24-18(2)10-11-19-8-6-5-7-9-19;/h5-9,18,20H,4,10-17H2,1-3H3,(H2,22,23,24);1H. The number of nitrogens with one attached hydrogen (secondary N) is 2. The number of hydrogen-bond donors (Lipinski definition) is 2. The second-order valence-electron chi connectivity index (χ2n) is 7.37. The second kappa shape index (κ2) is 13.4. The van der Waals surface area contributed by atoms with Crippen molar-refractivity contribution in [2.75, 3.05) is 33.2 Å². The van der Waals surface area contributed by atoms with Gasteiger partial charge in [-0.25, -0.2) is 0 Å². The Balaban J connectivity index is 0.00000338. The number of halogens is 1. The van der Waals surface area contributed by atoms with Crippen molar-refractivity contribution >= 4 is 29.9 Å². The fourth-order valence-electron chi connectivity index (χ4n) is 3.36.